The van der Waals surface area contributed by atoms with Gasteiger partial charge in [-0.05, 0) is 90.2 Å². The fourth-order valence-corrected chi connectivity index (χ4v) is 8.73. The van der Waals surface area contributed by atoms with E-state index in [1.807, 2.05) is 36.5 Å². The first kappa shape index (κ1) is 39.2. The minimum absolute atomic E-state index is 0.127. The second-order valence-electron chi connectivity index (χ2n) is 15.8. The first-order chi connectivity index (χ1) is 28.0. The fourth-order valence-electron chi connectivity index (χ4n) is 7.91. The van der Waals surface area contributed by atoms with Gasteiger partial charge >= 0.3 is 0 Å². The molecule has 1 atom stereocenters. The van der Waals surface area contributed by atoms with E-state index < -0.39 is 4.92 Å². The molecule has 58 heavy (non-hydrogen) atoms. The van der Waals surface area contributed by atoms with Crippen molar-refractivity contribution in [2.75, 3.05) is 49.5 Å². The molecule has 2 aliphatic heterocycles. The number of allylic oxidation sites excluding steroid dienone is 1. The first-order valence-corrected chi connectivity index (χ1v) is 20.6. The number of nitriles is 1. The molecule has 1 fully saturated rings. The van der Waals surface area contributed by atoms with Crippen molar-refractivity contribution in [3.63, 3.8) is 0 Å². The van der Waals surface area contributed by atoms with Crippen LogP contribution in [0.2, 0.25) is 5.02 Å². The van der Waals surface area contributed by atoms with E-state index in [0.29, 0.717) is 27.8 Å². The highest BCUT2D eigenvalue weighted by Crippen LogP contribution is 2.44. The lowest BCUT2D eigenvalue weighted by atomic mass is 9.72. The standard InChI is InChI=1S/C44H45ClN8O4S/c1-28(50-58-36-22-39(53(54)55)42-41(23-36)56-27-33(49-42)11-14-46)37-9-8-34(21-40(37)57-35-20-30-12-15-47-43(30)48-25-35)52-18-16-51(17-19-52)26-31-10-13-44(2,3)24-38(31)29-4-6-32(45)7-5-29/h4-9,12,15,20-23,25,33,49-50H,1,10-11,13,16-19,24,26-27H2,2-3H3,(H,47,48)/t33-/m0/s1. The Morgan fingerprint density at radius 2 is 1.97 bits per heavy atom. The summed E-state index contributed by atoms with van der Waals surface area (Å²) < 4.78 is 15.7. The van der Waals surface area contributed by atoms with Gasteiger partial charge < -0.3 is 29.4 Å². The lowest BCUT2D eigenvalue weighted by molar-refractivity contribution is -0.384. The van der Waals surface area contributed by atoms with Crippen molar-refractivity contribution in [3.05, 3.63) is 118 Å². The van der Waals surface area contributed by atoms with Gasteiger partial charge in [0.1, 0.15) is 23.8 Å². The molecule has 0 amide bonds. The van der Waals surface area contributed by atoms with Crippen molar-refractivity contribution in [1.29, 1.82) is 5.26 Å². The van der Waals surface area contributed by atoms with Gasteiger partial charge in [0, 0.05) is 83.3 Å². The molecule has 0 radical (unpaired) electrons. The molecule has 1 aliphatic carbocycles. The number of nitro groups is 1. The van der Waals surface area contributed by atoms with Crippen LogP contribution in [0.3, 0.4) is 0 Å². The van der Waals surface area contributed by atoms with E-state index >= 15 is 0 Å². The monoisotopic (exact) mass is 816 g/mol. The highest BCUT2D eigenvalue weighted by Gasteiger charge is 2.30. The zero-order chi connectivity index (χ0) is 40.4. The smallest absolute Gasteiger partial charge is 0.297 e. The average molecular weight is 817 g/mol. The summed E-state index contributed by atoms with van der Waals surface area (Å²) in [6.45, 7) is 13.9. The van der Waals surface area contributed by atoms with Crippen LogP contribution in [-0.2, 0) is 0 Å². The van der Waals surface area contributed by atoms with Crippen molar-refractivity contribution in [3.8, 4) is 23.3 Å². The molecule has 0 spiro atoms. The van der Waals surface area contributed by atoms with Gasteiger partial charge in [-0.15, -0.1) is 0 Å². The van der Waals surface area contributed by atoms with Crippen molar-refractivity contribution >= 4 is 62.9 Å². The number of nitrogens with zero attached hydrogens (tertiary/aromatic N) is 5. The van der Waals surface area contributed by atoms with Gasteiger partial charge in [-0.1, -0.05) is 49.7 Å². The van der Waals surface area contributed by atoms with E-state index in [-0.39, 0.29) is 35.9 Å². The van der Waals surface area contributed by atoms with Gasteiger partial charge in [-0.2, -0.15) is 5.26 Å². The lowest BCUT2D eigenvalue weighted by Gasteiger charge is -2.39. The summed E-state index contributed by atoms with van der Waals surface area (Å²) in [5.74, 6) is 1.55. The van der Waals surface area contributed by atoms with Crippen LogP contribution in [0.25, 0.3) is 22.3 Å². The van der Waals surface area contributed by atoms with Gasteiger partial charge in [0.25, 0.3) is 5.69 Å². The van der Waals surface area contributed by atoms with Crippen LogP contribution in [-0.4, -0.2) is 65.2 Å². The first-order valence-electron chi connectivity index (χ1n) is 19.4. The van der Waals surface area contributed by atoms with Gasteiger partial charge in [0.15, 0.2) is 11.4 Å². The van der Waals surface area contributed by atoms with Crippen LogP contribution in [0.15, 0.2) is 96.2 Å². The molecular formula is C44H45ClN8O4S. The molecule has 8 rings (SSSR count). The average Bonchev–Trinajstić information content (AvgIpc) is 3.69. The van der Waals surface area contributed by atoms with Gasteiger partial charge in [-0.3, -0.25) is 15.0 Å². The Kier molecular flexibility index (Phi) is 11.2. The number of H-pyrrole nitrogens is 1. The molecule has 0 saturated carbocycles. The molecule has 4 heterocycles. The maximum atomic E-state index is 12.1. The summed E-state index contributed by atoms with van der Waals surface area (Å²) in [4.78, 5) is 24.8. The Labute approximate surface area is 347 Å². The number of aromatic amines is 1. The number of halogens is 1. The molecule has 3 N–H and O–H groups in total. The number of ether oxygens (including phenoxy) is 2. The Hall–Kier alpha value is -5.68. The van der Waals surface area contributed by atoms with Crippen LogP contribution >= 0.6 is 23.5 Å². The summed E-state index contributed by atoms with van der Waals surface area (Å²) in [7, 11) is 0. The molecule has 298 valence electrons. The van der Waals surface area contributed by atoms with Crippen molar-refractivity contribution in [2.45, 2.75) is 50.5 Å². The van der Waals surface area contributed by atoms with E-state index in [4.69, 9.17) is 26.3 Å². The van der Waals surface area contributed by atoms with E-state index in [9.17, 15) is 10.1 Å². The molecule has 0 bridgehead atoms. The molecule has 2 aromatic heterocycles. The highest BCUT2D eigenvalue weighted by atomic mass is 35.5. The second-order valence-corrected chi connectivity index (χ2v) is 17.1. The predicted molar refractivity (Wildman–Crippen MR) is 232 cm³/mol. The minimum Gasteiger partial charge on any atom is -0.489 e. The summed E-state index contributed by atoms with van der Waals surface area (Å²) in [5, 5.41) is 26.0. The number of aromatic nitrogens is 2. The number of nitro benzene ring substituents is 1. The summed E-state index contributed by atoms with van der Waals surface area (Å²) in [6, 6.07) is 23.3. The Morgan fingerprint density at radius 3 is 2.74 bits per heavy atom. The topological polar surface area (TPSA) is 145 Å². The van der Waals surface area contributed by atoms with Crippen molar-refractivity contribution in [1.82, 2.24) is 19.6 Å². The summed E-state index contributed by atoms with van der Waals surface area (Å²) >= 11 is 7.45. The minimum atomic E-state index is -0.449. The number of rotatable bonds is 12. The Balaban J connectivity index is 0.997. The van der Waals surface area contributed by atoms with Gasteiger partial charge in [0.2, 0.25) is 0 Å². The van der Waals surface area contributed by atoms with E-state index in [0.717, 1.165) is 72.9 Å². The number of nitrogens with one attached hydrogen (secondary N) is 3. The molecule has 14 heteroatoms. The zero-order valence-electron chi connectivity index (χ0n) is 32.5. The van der Waals surface area contributed by atoms with Crippen LogP contribution in [0.1, 0.15) is 50.7 Å². The van der Waals surface area contributed by atoms with E-state index in [1.54, 1.807) is 12.3 Å². The number of fused-ring (bicyclic) bond motifs is 2. The van der Waals surface area contributed by atoms with E-state index in [2.05, 4.69) is 80.6 Å². The lowest BCUT2D eigenvalue weighted by Crippen LogP contribution is -2.47. The molecule has 3 aliphatic rings. The molecule has 12 nitrogen and oxygen atoms in total. The molecular weight excluding hydrogens is 772 g/mol. The quantitative estimate of drug-likeness (QED) is 0.0629. The highest BCUT2D eigenvalue weighted by molar-refractivity contribution is 7.97. The van der Waals surface area contributed by atoms with Crippen LogP contribution in [0.4, 0.5) is 17.1 Å². The van der Waals surface area contributed by atoms with Crippen molar-refractivity contribution < 1.29 is 14.4 Å². The van der Waals surface area contributed by atoms with Crippen molar-refractivity contribution in [2.24, 2.45) is 5.41 Å². The largest absolute Gasteiger partial charge is 0.489 e. The second kappa shape index (κ2) is 16.7. The van der Waals surface area contributed by atoms with Crippen LogP contribution in [0.5, 0.6) is 17.2 Å². The molecule has 5 aromatic rings. The zero-order valence-corrected chi connectivity index (χ0v) is 34.1. The third kappa shape index (κ3) is 8.74. The molecule has 0 unspecified atom stereocenters. The van der Waals surface area contributed by atoms with Gasteiger partial charge in [0.05, 0.1) is 29.7 Å². The fraction of sp³-hybridized carbons (Fsp3) is 0.318. The third-order valence-electron chi connectivity index (χ3n) is 11.1. The summed E-state index contributed by atoms with van der Waals surface area (Å²) in [5.41, 5.74) is 7.79. The number of hydrogen-bond donors (Lipinski definition) is 3. The van der Waals surface area contributed by atoms with E-state index in [1.165, 1.54) is 41.1 Å². The van der Waals surface area contributed by atoms with Crippen LogP contribution in [0, 0.1) is 26.9 Å². The molecule has 1 saturated heterocycles. The Bertz CT molecular complexity index is 2430. The number of anilines is 2. The normalized spacial score (nSPS) is 17.8. The van der Waals surface area contributed by atoms with Crippen LogP contribution < -0.4 is 24.4 Å². The predicted octanol–water partition coefficient (Wildman–Crippen LogP) is 10.1. The SMILES string of the molecule is C=C(NSc1cc2c(c([N+](=O)[O-])c1)N[C@@H](CC#N)CO2)c1ccc(N2CCN(CC3=C(c4ccc(Cl)cc4)CC(C)(C)CC3)CC2)cc1Oc1cnc2[nH]ccc2c1. The Morgan fingerprint density at radius 1 is 1.16 bits per heavy atom. The third-order valence-corrected chi connectivity index (χ3v) is 12.2. The number of piperazine rings is 1. The molecule has 3 aromatic carbocycles. The maximum Gasteiger partial charge on any atom is 0.297 e. The summed E-state index contributed by atoms with van der Waals surface area (Å²) in [6.07, 6.45) is 7.06. The number of pyridine rings is 1. The number of benzene rings is 3. The number of hydrogen-bond acceptors (Lipinski definition) is 11. The van der Waals surface area contributed by atoms with Gasteiger partial charge in [-0.25, -0.2) is 4.98 Å². The maximum absolute atomic E-state index is 12.1.